The molecule has 2 spiro atoms. The van der Waals surface area contributed by atoms with Crippen molar-refractivity contribution in [2.24, 2.45) is 0 Å². The highest BCUT2D eigenvalue weighted by molar-refractivity contribution is 6.08. The molecular formula is C63H37NO. The van der Waals surface area contributed by atoms with Crippen LogP contribution in [0.2, 0.25) is 0 Å². The van der Waals surface area contributed by atoms with E-state index in [2.05, 4.69) is 212 Å². The van der Waals surface area contributed by atoms with Gasteiger partial charge in [-0.15, -0.1) is 0 Å². The maximum Gasteiger partial charge on any atom is 0.263 e. The largest absolute Gasteiger partial charge is 0.276 e. The number of pyridine rings is 1. The zero-order valence-electron chi connectivity index (χ0n) is 35.2. The summed E-state index contributed by atoms with van der Waals surface area (Å²) in [6.07, 6.45) is 0. The second-order valence-electron chi connectivity index (χ2n) is 18.2. The van der Waals surface area contributed by atoms with Crippen LogP contribution < -0.4 is 5.56 Å². The molecule has 1 heterocycles. The highest BCUT2D eigenvalue weighted by Crippen LogP contribution is 2.64. The molecule has 10 aromatic carbocycles. The van der Waals surface area contributed by atoms with Gasteiger partial charge in [0.15, 0.2) is 0 Å². The molecule has 2 heteroatoms. The van der Waals surface area contributed by atoms with Gasteiger partial charge in [-0.2, -0.15) is 0 Å². The lowest BCUT2D eigenvalue weighted by Gasteiger charge is -2.31. The molecule has 0 saturated carbocycles. The van der Waals surface area contributed by atoms with Crippen LogP contribution in [0.5, 0.6) is 0 Å². The molecule has 0 saturated heterocycles. The first-order chi connectivity index (χ1) is 32.2. The number of rotatable bonds is 2. The Hall–Kier alpha value is -8.33. The van der Waals surface area contributed by atoms with Crippen LogP contribution in [0.25, 0.3) is 83.0 Å². The molecular weight excluding hydrogens is 787 g/mol. The molecule has 2 nitrogen and oxygen atoms in total. The molecule has 0 radical (unpaired) electrons. The van der Waals surface area contributed by atoms with Gasteiger partial charge in [0.2, 0.25) is 0 Å². The average molecular weight is 824 g/mol. The molecule has 0 amide bonds. The molecule has 4 aliphatic rings. The number of hydrogen-bond acceptors (Lipinski definition) is 1. The smallest absolute Gasteiger partial charge is 0.263 e. The van der Waals surface area contributed by atoms with Crippen LogP contribution in [0.1, 0.15) is 44.5 Å². The first kappa shape index (κ1) is 35.2. The lowest BCUT2D eigenvalue weighted by atomic mass is 9.70. The minimum Gasteiger partial charge on any atom is -0.276 e. The third kappa shape index (κ3) is 4.19. The number of benzene rings is 10. The molecule has 0 fully saturated rings. The van der Waals surface area contributed by atoms with Crippen molar-refractivity contribution in [3.8, 4) is 61.3 Å². The number of fused-ring (bicyclic) bond motifs is 23. The van der Waals surface area contributed by atoms with Gasteiger partial charge in [0.1, 0.15) is 0 Å². The van der Waals surface area contributed by atoms with E-state index in [9.17, 15) is 0 Å². The van der Waals surface area contributed by atoms with Gasteiger partial charge >= 0.3 is 0 Å². The fourth-order valence-corrected chi connectivity index (χ4v) is 13.0. The normalized spacial score (nSPS) is 14.5. The molecule has 65 heavy (non-hydrogen) atoms. The summed E-state index contributed by atoms with van der Waals surface area (Å²) >= 11 is 0. The highest BCUT2D eigenvalue weighted by atomic mass is 16.1. The van der Waals surface area contributed by atoms with Gasteiger partial charge in [-0.05, 0) is 142 Å². The van der Waals surface area contributed by atoms with E-state index in [1.807, 2.05) is 16.7 Å². The maximum atomic E-state index is 15.1. The summed E-state index contributed by atoms with van der Waals surface area (Å²) in [6.45, 7) is 0. The Morgan fingerprint density at radius 1 is 0.277 bits per heavy atom. The Kier molecular flexibility index (Phi) is 6.73. The summed E-state index contributed by atoms with van der Waals surface area (Å²) in [5.41, 5.74) is 23.6. The quantitative estimate of drug-likeness (QED) is 0.159. The minimum absolute atomic E-state index is 0.0200. The first-order valence-electron chi connectivity index (χ1n) is 22.6. The van der Waals surface area contributed by atoms with Gasteiger partial charge in [0.05, 0.1) is 16.3 Å². The van der Waals surface area contributed by atoms with Crippen LogP contribution in [-0.2, 0) is 10.8 Å². The molecule has 11 aromatic rings. The van der Waals surface area contributed by atoms with Gasteiger partial charge < -0.3 is 0 Å². The van der Waals surface area contributed by atoms with Crippen LogP contribution in [0.3, 0.4) is 0 Å². The lowest BCUT2D eigenvalue weighted by Crippen LogP contribution is -2.26. The zero-order chi connectivity index (χ0) is 42.6. The molecule has 1 aromatic heterocycles. The third-order valence-corrected chi connectivity index (χ3v) is 15.5. The fourth-order valence-electron chi connectivity index (χ4n) is 13.0. The summed E-state index contributed by atoms with van der Waals surface area (Å²) < 4.78 is 1.96. The minimum atomic E-state index is -0.510. The molecule has 0 N–H and O–H groups in total. The summed E-state index contributed by atoms with van der Waals surface area (Å²) in [6, 6.07) is 82.2. The summed E-state index contributed by atoms with van der Waals surface area (Å²) in [5, 5.41) is 2.70. The Balaban J connectivity index is 0.958. The van der Waals surface area contributed by atoms with E-state index in [-0.39, 0.29) is 5.56 Å². The van der Waals surface area contributed by atoms with Crippen molar-refractivity contribution in [3.63, 3.8) is 0 Å². The van der Waals surface area contributed by atoms with E-state index >= 15 is 4.79 Å². The highest BCUT2D eigenvalue weighted by Gasteiger charge is 2.53. The number of nitrogens with zero attached hydrogens (tertiary/aromatic N) is 1. The van der Waals surface area contributed by atoms with E-state index in [0.717, 1.165) is 33.1 Å². The number of hydrogen-bond donors (Lipinski definition) is 0. The number of aromatic nitrogens is 1. The Labute approximate surface area is 376 Å². The molecule has 4 aliphatic carbocycles. The van der Waals surface area contributed by atoms with Crippen molar-refractivity contribution < 1.29 is 0 Å². The molecule has 0 bridgehead atoms. The summed E-state index contributed by atoms with van der Waals surface area (Å²) in [4.78, 5) is 15.1. The van der Waals surface area contributed by atoms with Gasteiger partial charge in [0.25, 0.3) is 5.56 Å². The molecule has 0 atom stereocenters. The van der Waals surface area contributed by atoms with Crippen molar-refractivity contribution in [2.75, 3.05) is 0 Å². The van der Waals surface area contributed by atoms with E-state index in [4.69, 9.17) is 0 Å². The fraction of sp³-hybridized carbons (Fsp3) is 0.0317. The predicted molar refractivity (Wildman–Crippen MR) is 265 cm³/mol. The standard InChI is InChI=1S/C63H37NO/c65-61-50-22-2-1-15-41(50)51-35-38(39-29-32-48-46-20-7-13-27-56(46)62(58(48)36-39)52-23-9-3-16-42(52)43-17-4-10-24-53(43)62)30-34-60(51)64(61)40-31-33-49-47-21-8-14-28-57(47)63(59(49)37-40)54-25-11-5-18-44(54)45-19-6-12-26-55(45)63/h1-37H. The van der Waals surface area contributed by atoms with Crippen LogP contribution in [0.4, 0.5) is 0 Å². The van der Waals surface area contributed by atoms with Gasteiger partial charge in [0, 0.05) is 16.5 Å². The Bertz CT molecular complexity index is 3870. The van der Waals surface area contributed by atoms with Crippen molar-refractivity contribution in [1.29, 1.82) is 0 Å². The van der Waals surface area contributed by atoms with E-state index in [1.165, 1.54) is 89.0 Å². The Morgan fingerprint density at radius 2 is 0.631 bits per heavy atom. The topological polar surface area (TPSA) is 22.0 Å². The second-order valence-corrected chi connectivity index (χ2v) is 18.2. The first-order valence-corrected chi connectivity index (χ1v) is 22.6. The predicted octanol–water partition coefficient (Wildman–Crippen LogP) is 14.5. The van der Waals surface area contributed by atoms with Crippen molar-refractivity contribution >= 4 is 21.7 Å². The third-order valence-electron chi connectivity index (χ3n) is 15.5. The van der Waals surface area contributed by atoms with Crippen molar-refractivity contribution in [1.82, 2.24) is 4.57 Å². The van der Waals surface area contributed by atoms with E-state index in [0.29, 0.717) is 5.39 Å². The van der Waals surface area contributed by atoms with Crippen LogP contribution in [0.15, 0.2) is 229 Å². The second kappa shape index (κ2) is 12.4. The molecule has 0 aliphatic heterocycles. The summed E-state index contributed by atoms with van der Waals surface area (Å²) in [7, 11) is 0. The lowest BCUT2D eigenvalue weighted by molar-refractivity contribution is 0.792. The SMILES string of the molecule is O=c1c2ccccc2c2cc(-c3ccc4c(c3)C3(c5ccccc5-c5ccccc53)c3ccccc3-4)ccc2n1-c1ccc2c(c1)C1(c3ccccc3-c3ccccc31)c1ccccc1-2. The van der Waals surface area contributed by atoms with Crippen LogP contribution in [0, 0.1) is 0 Å². The molecule has 15 rings (SSSR count). The molecule has 300 valence electrons. The van der Waals surface area contributed by atoms with Crippen LogP contribution in [-0.4, -0.2) is 4.57 Å². The van der Waals surface area contributed by atoms with E-state index in [1.54, 1.807) is 0 Å². The van der Waals surface area contributed by atoms with E-state index < -0.39 is 10.8 Å². The maximum absolute atomic E-state index is 15.1. The average Bonchev–Trinajstić information content (AvgIpc) is 4.05. The van der Waals surface area contributed by atoms with Gasteiger partial charge in [-0.1, -0.05) is 188 Å². The summed E-state index contributed by atoms with van der Waals surface area (Å²) in [5.74, 6) is 0. The van der Waals surface area contributed by atoms with Crippen molar-refractivity contribution in [2.45, 2.75) is 10.8 Å². The van der Waals surface area contributed by atoms with Gasteiger partial charge in [-0.25, -0.2) is 0 Å². The van der Waals surface area contributed by atoms with Crippen molar-refractivity contribution in [3.05, 3.63) is 279 Å². The van der Waals surface area contributed by atoms with Gasteiger partial charge in [-0.3, -0.25) is 9.36 Å². The Morgan fingerprint density at radius 3 is 1.11 bits per heavy atom. The molecule has 0 unspecified atom stereocenters. The van der Waals surface area contributed by atoms with Crippen LogP contribution >= 0.6 is 0 Å². The zero-order valence-corrected chi connectivity index (χ0v) is 35.2. The monoisotopic (exact) mass is 823 g/mol.